The molecular formula is C24H23Cl2FN2O4. The quantitative estimate of drug-likeness (QED) is 0.397. The minimum atomic E-state index is -0.415. The third-order valence-electron chi connectivity index (χ3n) is 4.91. The minimum absolute atomic E-state index is 0.186. The molecule has 0 bridgehead atoms. The summed E-state index contributed by atoms with van der Waals surface area (Å²) in [4.78, 5) is 29.4. The number of amides is 2. The number of ether oxygens (including phenoxy) is 1. The Morgan fingerprint density at radius 3 is 2.42 bits per heavy atom. The first-order chi connectivity index (χ1) is 15.9. The molecule has 0 fully saturated rings. The number of benzene rings is 2. The van der Waals surface area contributed by atoms with Crippen molar-refractivity contribution in [2.24, 2.45) is 0 Å². The Kier molecular flexibility index (Phi) is 8.88. The van der Waals surface area contributed by atoms with Gasteiger partial charge in [0.05, 0.1) is 30.0 Å². The molecule has 1 aromatic heterocycles. The Morgan fingerprint density at radius 2 is 1.79 bits per heavy atom. The van der Waals surface area contributed by atoms with E-state index in [1.165, 1.54) is 42.5 Å². The van der Waals surface area contributed by atoms with Gasteiger partial charge in [-0.1, -0.05) is 35.3 Å². The van der Waals surface area contributed by atoms with Crippen LogP contribution in [0.15, 0.2) is 65.3 Å². The largest absolute Gasteiger partial charge is 0.467 e. The van der Waals surface area contributed by atoms with Crippen molar-refractivity contribution < 1.29 is 23.1 Å². The average Bonchev–Trinajstić information content (AvgIpc) is 3.30. The molecule has 0 aliphatic heterocycles. The molecule has 2 amide bonds. The highest BCUT2D eigenvalue weighted by molar-refractivity contribution is 6.36. The molecule has 0 N–H and O–H groups in total. The molecule has 0 aliphatic carbocycles. The second kappa shape index (κ2) is 11.8. The van der Waals surface area contributed by atoms with Gasteiger partial charge in [-0.25, -0.2) is 4.39 Å². The molecule has 3 rings (SSSR count). The van der Waals surface area contributed by atoms with Crippen LogP contribution in [0.2, 0.25) is 10.0 Å². The lowest BCUT2D eigenvalue weighted by Gasteiger charge is -2.27. The fourth-order valence-electron chi connectivity index (χ4n) is 3.18. The zero-order valence-corrected chi connectivity index (χ0v) is 19.5. The zero-order valence-electron chi connectivity index (χ0n) is 18.0. The third kappa shape index (κ3) is 7.05. The first kappa shape index (κ1) is 24.8. The highest BCUT2D eigenvalue weighted by Crippen LogP contribution is 2.22. The topological polar surface area (TPSA) is 63.0 Å². The Hall–Kier alpha value is -2.87. The van der Waals surface area contributed by atoms with Crippen molar-refractivity contribution in [2.75, 3.05) is 26.8 Å². The maximum Gasteiger partial charge on any atom is 0.255 e. The van der Waals surface area contributed by atoms with Crippen molar-refractivity contribution in [1.82, 2.24) is 9.80 Å². The number of hydrogen-bond acceptors (Lipinski definition) is 4. The van der Waals surface area contributed by atoms with Gasteiger partial charge in [0.1, 0.15) is 18.1 Å². The number of hydrogen-bond donors (Lipinski definition) is 0. The van der Waals surface area contributed by atoms with Gasteiger partial charge in [0.25, 0.3) is 5.91 Å². The lowest BCUT2D eigenvalue weighted by molar-refractivity contribution is -0.133. The molecule has 33 heavy (non-hydrogen) atoms. The summed E-state index contributed by atoms with van der Waals surface area (Å²) in [6.07, 6.45) is 1.52. The predicted octanol–water partition coefficient (Wildman–Crippen LogP) is 5.04. The highest BCUT2D eigenvalue weighted by atomic mass is 35.5. The van der Waals surface area contributed by atoms with E-state index < -0.39 is 5.91 Å². The molecule has 6 nitrogen and oxygen atoms in total. The second-order valence-electron chi connectivity index (χ2n) is 7.30. The summed E-state index contributed by atoms with van der Waals surface area (Å²) in [5.74, 6) is -0.508. The average molecular weight is 493 g/mol. The summed E-state index contributed by atoms with van der Waals surface area (Å²) in [6, 6.07) is 13.9. The van der Waals surface area contributed by atoms with Crippen molar-refractivity contribution in [1.29, 1.82) is 0 Å². The summed E-state index contributed by atoms with van der Waals surface area (Å²) in [6.45, 7) is 0.625. The van der Waals surface area contributed by atoms with E-state index in [2.05, 4.69) is 0 Å². The van der Waals surface area contributed by atoms with E-state index in [9.17, 15) is 14.0 Å². The first-order valence-electron chi connectivity index (χ1n) is 10.1. The van der Waals surface area contributed by atoms with E-state index in [4.69, 9.17) is 32.4 Å². The fraction of sp³-hybridized carbons (Fsp3) is 0.250. The monoisotopic (exact) mass is 492 g/mol. The van der Waals surface area contributed by atoms with Crippen LogP contribution in [-0.4, -0.2) is 48.4 Å². The van der Waals surface area contributed by atoms with Gasteiger partial charge >= 0.3 is 0 Å². The van der Waals surface area contributed by atoms with E-state index in [0.29, 0.717) is 10.8 Å². The number of carbonyl (C=O) groups excluding carboxylic acids is 2. The van der Waals surface area contributed by atoms with Crippen LogP contribution in [-0.2, 0) is 22.6 Å². The van der Waals surface area contributed by atoms with Crippen LogP contribution >= 0.6 is 23.2 Å². The van der Waals surface area contributed by atoms with E-state index >= 15 is 0 Å². The third-order valence-corrected chi connectivity index (χ3v) is 5.45. The van der Waals surface area contributed by atoms with Gasteiger partial charge in [-0.2, -0.15) is 0 Å². The molecule has 0 saturated carbocycles. The Bertz CT molecular complexity index is 1070. The molecule has 0 saturated heterocycles. The number of furan rings is 1. The van der Waals surface area contributed by atoms with Gasteiger partial charge in [0.15, 0.2) is 0 Å². The molecule has 0 atom stereocenters. The van der Waals surface area contributed by atoms with Crippen LogP contribution in [0.25, 0.3) is 0 Å². The van der Waals surface area contributed by atoms with Gasteiger partial charge in [0, 0.05) is 25.2 Å². The van der Waals surface area contributed by atoms with Gasteiger partial charge in [0.2, 0.25) is 5.91 Å². The summed E-state index contributed by atoms with van der Waals surface area (Å²) >= 11 is 12.2. The van der Waals surface area contributed by atoms with Crippen LogP contribution in [0, 0.1) is 5.82 Å². The molecule has 9 heteroatoms. The van der Waals surface area contributed by atoms with Crippen LogP contribution < -0.4 is 0 Å². The van der Waals surface area contributed by atoms with Crippen LogP contribution in [0.5, 0.6) is 0 Å². The maximum atomic E-state index is 13.3. The van der Waals surface area contributed by atoms with Crippen molar-refractivity contribution in [2.45, 2.75) is 13.1 Å². The van der Waals surface area contributed by atoms with Crippen molar-refractivity contribution in [3.05, 3.63) is 93.6 Å². The number of halogens is 3. The van der Waals surface area contributed by atoms with E-state index in [0.717, 1.165) is 5.56 Å². The fourth-order valence-corrected chi connectivity index (χ4v) is 3.67. The Labute approximate surface area is 201 Å². The second-order valence-corrected chi connectivity index (χ2v) is 8.14. The van der Waals surface area contributed by atoms with Gasteiger partial charge in [-0.3, -0.25) is 9.59 Å². The molecule has 0 aliphatic rings. The standard InChI is InChI=1S/C24H23Cl2FN2O4/c1-32-12-10-28(24(31)21-9-6-18(25)13-22(21)26)16-23(30)29(15-20-3-2-11-33-20)14-17-4-7-19(27)8-5-17/h2-9,11,13H,10,12,14-16H2,1H3. The van der Waals surface area contributed by atoms with E-state index in [1.807, 2.05) is 0 Å². The smallest absolute Gasteiger partial charge is 0.255 e. The van der Waals surface area contributed by atoms with E-state index in [-0.39, 0.29) is 55.1 Å². The zero-order chi connectivity index (χ0) is 23.8. The molecule has 0 spiro atoms. The Balaban J connectivity index is 1.81. The number of rotatable bonds is 10. The van der Waals surface area contributed by atoms with Crippen LogP contribution in [0.3, 0.4) is 0 Å². The molecular weight excluding hydrogens is 470 g/mol. The normalized spacial score (nSPS) is 10.8. The predicted molar refractivity (Wildman–Crippen MR) is 124 cm³/mol. The van der Waals surface area contributed by atoms with Gasteiger partial charge in [-0.05, 0) is 48.0 Å². The van der Waals surface area contributed by atoms with Crippen LogP contribution in [0.4, 0.5) is 4.39 Å². The summed E-state index contributed by atoms with van der Waals surface area (Å²) in [5.41, 5.74) is 0.980. The summed E-state index contributed by atoms with van der Waals surface area (Å²) < 4.78 is 23.8. The summed E-state index contributed by atoms with van der Waals surface area (Å²) in [5, 5.41) is 0.598. The molecule has 1 heterocycles. The minimum Gasteiger partial charge on any atom is -0.467 e. The highest BCUT2D eigenvalue weighted by Gasteiger charge is 2.24. The SMILES string of the molecule is COCCN(CC(=O)N(Cc1ccc(F)cc1)Cc1ccco1)C(=O)c1ccc(Cl)cc1Cl. The number of methoxy groups -OCH3 is 1. The number of nitrogens with zero attached hydrogens (tertiary/aromatic N) is 2. The molecule has 0 radical (unpaired) electrons. The Morgan fingerprint density at radius 1 is 1.03 bits per heavy atom. The lowest BCUT2D eigenvalue weighted by atomic mass is 10.2. The summed E-state index contributed by atoms with van der Waals surface area (Å²) in [7, 11) is 1.51. The maximum absolute atomic E-state index is 13.3. The van der Waals surface area contributed by atoms with Crippen LogP contribution in [0.1, 0.15) is 21.7 Å². The van der Waals surface area contributed by atoms with Crippen molar-refractivity contribution in [3.8, 4) is 0 Å². The van der Waals surface area contributed by atoms with E-state index in [1.54, 1.807) is 35.2 Å². The van der Waals surface area contributed by atoms with Crippen molar-refractivity contribution in [3.63, 3.8) is 0 Å². The van der Waals surface area contributed by atoms with Gasteiger partial charge in [-0.15, -0.1) is 0 Å². The first-order valence-corrected chi connectivity index (χ1v) is 10.9. The lowest BCUT2D eigenvalue weighted by Crippen LogP contribution is -2.43. The molecule has 2 aromatic carbocycles. The molecule has 3 aromatic rings. The number of carbonyl (C=O) groups is 2. The van der Waals surface area contributed by atoms with Gasteiger partial charge < -0.3 is 19.0 Å². The molecule has 174 valence electrons. The van der Waals surface area contributed by atoms with Crippen molar-refractivity contribution >= 4 is 35.0 Å². The molecule has 0 unspecified atom stereocenters.